The van der Waals surface area contributed by atoms with Crippen LogP contribution in [-0.4, -0.2) is 18.7 Å². The molecule has 0 aromatic heterocycles. The van der Waals surface area contributed by atoms with E-state index in [-0.39, 0.29) is 12.5 Å². The Hall–Kier alpha value is -2.99. The summed E-state index contributed by atoms with van der Waals surface area (Å²) >= 11 is 5.95. The van der Waals surface area contributed by atoms with Gasteiger partial charge in [-0.25, -0.2) is 9.69 Å². The fourth-order valence-corrected chi connectivity index (χ4v) is 2.94. The summed E-state index contributed by atoms with van der Waals surface area (Å²) in [7, 11) is 0. The highest BCUT2D eigenvalue weighted by Crippen LogP contribution is 2.35. The van der Waals surface area contributed by atoms with Gasteiger partial charge >= 0.3 is 6.03 Å². The number of carbonyl (C=O) groups is 2. The minimum absolute atomic E-state index is 0.174. The second kappa shape index (κ2) is 5.82. The van der Waals surface area contributed by atoms with Gasteiger partial charge in [0, 0.05) is 5.02 Å². The molecule has 126 valence electrons. The molecule has 1 N–H and O–H groups in total. The van der Waals surface area contributed by atoms with Gasteiger partial charge in [0.05, 0.1) is 5.69 Å². The summed E-state index contributed by atoms with van der Waals surface area (Å²) in [5, 5.41) is 3.04. The summed E-state index contributed by atoms with van der Waals surface area (Å²) in [6.45, 7) is 2.07. The highest BCUT2D eigenvalue weighted by molar-refractivity contribution is 6.32. The number of nitrogens with zero attached hydrogens (tertiary/aromatic N) is 1. The van der Waals surface area contributed by atoms with E-state index in [0.717, 1.165) is 16.0 Å². The minimum atomic E-state index is -0.517. The van der Waals surface area contributed by atoms with Crippen molar-refractivity contribution in [2.24, 2.45) is 0 Å². The summed E-state index contributed by atoms with van der Waals surface area (Å²) in [5.74, 6) is 0.840. The summed E-state index contributed by atoms with van der Waals surface area (Å²) in [5.41, 5.74) is 2.27. The Morgan fingerprint density at radius 3 is 2.68 bits per heavy atom. The first kappa shape index (κ1) is 15.5. The quantitative estimate of drug-likeness (QED) is 0.661. The van der Waals surface area contributed by atoms with E-state index in [4.69, 9.17) is 21.1 Å². The van der Waals surface area contributed by atoms with Crippen molar-refractivity contribution in [1.82, 2.24) is 5.32 Å². The third kappa shape index (κ3) is 2.70. The number of urea groups is 1. The van der Waals surface area contributed by atoms with Crippen LogP contribution >= 0.6 is 11.6 Å². The zero-order valence-electron chi connectivity index (χ0n) is 13.2. The van der Waals surface area contributed by atoms with Gasteiger partial charge in [-0.3, -0.25) is 4.79 Å². The number of hydrogen-bond donors (Lipinski definition) is 1. The van der Waals surface area contributed by atoms with E-state index in [9.17, 15) is 9.59 Å². The predicted molar refractivity (Wildman–Crippen MR) is 92.7 cm³/mol. The number of rotatable bonds is 2. The third-order valence-corrected chi connectivity index (χ3v) is 4.24. The third-order valence-electron chi connectivity index (χ3n) is 4.01. The van der Waals surface area contributed by atoms with Crippen molar-refractivity contribution in [1.29, 1.82) is 0 Å². The van der Waals surface area contributed by atoms with Crippen LogP contribution in [0, 0.1) is 6.92 Å². The van der Waals surface area contributed by atoms with E-state index < -0.39 is 11.9 Å². The van der Waals surface area contributed by atoms with E-state index in [2.05, 4.69) is 5.32 Å². The highest BCUT2D eigenvalue weighted by atomic mass is 35.5. The molecule has 3 amide bonds. The van der Waals surface area contributed by atoms with Crippen molar-refractivity contribution in [3.05, 3.63) is 58.2 Å². The molecule has 2 aromatic rings. The minimum Gasteiger partial charge on any atom is -0.454 e. The molecular formula is C18H13ClN2O4. The lowest BCUT2D eigenvalue weighted by Crippen LogP contribution is -2.30. The first-order valence-electron chi connectivity index (χ1n) is 7.56. The fraction of sp³-hybridized carbons (Fsp3) is 0.111. The average molecular weight is 357 g/mol. The molecule has 4 rings (SSSR count). The second-order valence-electron chi connectivity index (χ2n) is 5.67. The van der Waals surface area contributed by atoms with Crippen molar-refractivity contribution in [3.63, 3.8) is 0 Å². The largest absolute Gasteiger partial charge is 0.454 e. The van der Waals surface area contributed by atoms with Crippen LogP contribution in [0.4, 0.5) is 10.5 Å². The molecule has 0 unspecified atom stereocenters. The second-order valence-corrected chi connectivity index (χ2v) is 6.11. The number of benzene rings is 2. The molecule has 0 spiro atoms. The maximum atomic E-state index is 12.7. The first-order valence-corrected chi connectivity index (χ1v) is 7.94. The van der Waals surface area contributed by atoms with Crippen molar-refractivity contribution < 1.29 is 19.1 Å². The summed E-state index contributed by atoms with van der Waals surface area (Å²) in [4.78, 5) is 25.9. The molecule has 0 bridgehead atoms. The predicted octanol–water partition coefficient (Wildman–Crippen LogP) is 3.47. The zero-order chi connectivity index (χ0) is 17.6. The Balaban J connectivity index is 1.69. The molecule has 25 heavy (non-hydrogen) atoms. The number of anilines is 1. The van der Waals surface area contributed by atoms with Crippen LogP contribution in [0.15, 0.2) is 42.1 Å². The molecule has 1 saturated heterocycles. The van der Waals surface area contributed by atoms with Crippen LogP contribution in [0.25, 0.3) is 6.08 Å². The van der Waals surface area contributed by atoms with Gasteiger partial charge in [-0.2, -0.15) is 0 Å². The highest BCUT2D eigenvalue weighted by Gasteiger charge is 2.35. The van der Waals surface area contributed by atoms with Crippen LogP contribution in [0.2, 0.25) is 5.02 Å². The number of hydrogen-bond acceptors (Lipinski definition) is 4. The van der Waals surface area contributed by atoms with Gasteiger partial charge in [0.2, 0.25) is 6.79 Å². The van der Waals surface area contributed by atoms with Gasteiger partial charge in [0.15, 0.2) is 11.5 Å². The lowest BCUT2D eigenvalue weighted by molar-refractivity contribution is -0.113. The van der Waals surface area contributed by atoms with Crippen LogP contribution in [0.3, 0.4) is 0 Å². The van der Waals surface area contributed by atoms with E-state index >= 15 is 0 Å². The number of aryl methyl sites for hydroxylation is 1. The zero-order valence-corrected chi connectivity index (χ0v) is 14.0. The van der Waals surface area contributed by atoms with Gasteiger partial charge in [0.25, 0.3) is 5.91 Å². The van der Waals surface area contributed by atoms with Gasteiger partial charge in [0.1, 0.15) is 5.70 Å². The number of fused-ring (bicyclic) bond motifs is 1. The van der Waals surface area contributed by atoms with Gasteiger partial charge in [-0.15, -0.1) is 0 Å². The Morgan fingerprint density at radius 1 is 1.16 bits per heavy atom. The molecule has 1 fully saturated rings. The average Bonchev–Trinajstić information content (AvgIpc) is 3.12. The van der Waals surface area contributed by atoms with Crippen LogP contribution in [0.1, 0.15) is 11.1 Å². The van der Waals surface area contributed by atoms with Gasteiger partial charge in [-0.05, 0) is 54.5 Å². The van der Waals surface area contributed by atoms with Crippen molar-refractivity contribution in [2.45, 2.75) is 6.92 Å². The smallest absolute Gasteiger partial charge is 0.333 e. The van der Waals surface area contributed by atoms with Crippen molar-refractivity contribution in [3.8, 4) is 11.5 Å². The number of carbonyl (C=O) groups excluding carboxylic acids is 2. The summed E-state index contributed by atoms with van der Waals surface area (Å²) < 4.78 is 10.7. The maximum Gasteiger partial charge on any atom is 0.333 e. The standard InChI is InChI=1S/C18H13ClN2O4/c1-10-5-15-16(25-9-24-15)7-11(10)6-14-17(22)21(18(23)20-14)13-4-2-3-12(19)8-13/h2-8H,9H2,1H3,(H,20,23)/b14-6+. The van der Waals surface area contributed by atoms with Crippen LogP contribution in [-0.2, 0) is 4.79 Å². The molecule has 2 heterocycles. The Morgan fingerprint density at radius 2 is 1.92 bits per heavy atom. The van der Waals surface area contributed by atoms with E-state index in [0.29, 0.717) is 22.2 Å². The maximum absolute atomic E-state index is 12.7. The number of nitrogens with one attached hydrogen (secondary N) is 1. The van der Waals surface area contributed by atoms with Gasteiger partial charge < -0.3 is 14.8 Å². The fourth-order valence-electron chi connectivity index (χ4n) is 2.76. The van der Waals surface area contributed by atoms with Crippen molar-refractivity contribution in [2.75, 3.05) is 11.7 Å². The summed E-state index contributed by atoms with van der Waals surface area (Å²) in [6, 6.07) is 9.68. The molecule has 7 heteroatoms. The van der Waals surface area contributed by atoms with Crippen LogP contribution in [0.5, 0.6) is 11.5 Å². The van der Waals surface area contributed by atoms with Crippen LogP contribution < -0.4 is 19.7 Å². The Kier molecular flexibility index (Phi) is 3.62. The molecule has 6 nitrogen and oxygen atoms in total. The lowest BCUT2D eigenvalue weighted by Gasteiger charge is -2.11. The SMILES string of the molecule is Cc1cc2c(cc1/C=C1/NC(=O)N(c3cccc(Cl)c3)C1=O)OCO2. The molecule has 2 aliphatic rings. The van der Waals surface area contributed by atoms with E-state index in [1.807, 2.05) is 13.0 Å². The molecule has 0 saturated carbocycles. The number of amides is 3. The molecular weight excluding hydrogens is 344 g/mol. The molecule has 0 aliphatic carbocycles. The normalized spacial score (nSPS) is 17.4. The summed E-state index contributed by atoms with van der Waals surface area (Å²) in [6.07, 6.45) is 1.63. The van der Waals surface area contributed by atoms with Crippen molar-refractivity contribution >= 4 is 35.3 Å². The number of ether oxygens (including phenoxy) is 2. The Bertz CT molecular complexity index is 939. The number of imide groups is 1. The van der Waals surface area contributed by atoms with E-state index in [1.54, 1.807) is 36.4 Å². The lowest BCUT2D eigenvalue weighted by atomic mass is 10.1. The van der Waals surface area contributed by atoms with E-state index in [1.165, 1.54) is 0 Å². The molecule has 2 aromatic carbocycles. The molecule has 0 atom stereocenters. The number of halogens is 1. The molecule has 0 radical (unpaired) electrons. The molecule has 2 aliphatic heterocycles. The monoisotopic (exact) mass is 356 g/mol. The topological polar surface area (TPSA) is 67.9 Å². The first-order chi connectivity index (χ1) is 12.0. The Labute approximate surface area is 148 Å². The van der Waals surface area contributed by atoms with Gasteiger partial charge in [-0.1, -0.05) is 17.7 Å².